The summed E-state index contributed by atoms with van der Waals surface area (Å²) in [7, 11) is 2.06. The van der Waals surface area contributed by atoms with Crippen molar-refractivity contribution in [2.45, 2.75) is 18.3 Å². The first-order chi connectivity index (χ1) is 8.09. The lowest BCUT2D eigenvalue weighted by molar-refractivity contribution is 0.222. The molecule has 4 heteroatoms. The topological polar surface area (TPSA) is 27.0 Å². The summed E-state index contributed by atoms with van der Waals surface area (Å²) < 4.78 is 0. The summed E-state index contributed by atoms with van der Waals surface area (Å²) in [5.41, 5.74) is 0.279. The molecule has 90 valence electrons. The van der Waals surface area contributed by atoms with Crippen LogP contribution in [0.5, 0.6) is 0 Å². The van der Waals surface area contributed by atoms with Crippen LogP contribution in [0.1, 0.15) is 18.4 Å². The number of piperidine rings is 1. The highest BCUT2D eigenvalue weighted by Crippen LogP contribution is 2.42. The second kappa shape index (κ2) is 4.86. The molecule has 1 aromatic carbocycles. The summed E-state index contributed by atoms with van der Waals surface area (Å²) in [6, 6.07) is 7.87. The molecule has 0 bridgehead atoms. The molecule has 0 radical (unpaired) electrons. The Labute approximate surface area is 112 Å². The molecular formula is C13H14Cl2N2. The van der Waals surface area contributed by atoms with E-state index < -0.39 is 5.41 Å². The molecular weight excluding hydrogens is 255 g/mol. The molecule has 1 aromatic rings. The van der Waals surface area contributed by atoms with Crippen LogP contribution in [-0.4, -0.2) is 25.0 Å². The lowest BCUT2D eigenvalue weighted by Gasteiger charge is -2.36. The van der Waals surface area contributed by atoms with Crippen molar-refractivity contribution in [1.82, 2.24) is 4.90 Å². The first kappa shape index (κ1) is 12.7. The first-order valence-electron chi connectivity index (χ1n) is 5.63. The molecule has 1 heterocycles. The van der Waals surface area contributed by atoms with Gasteiger partial charge in [0.25, 0.3) is 0 Å². The maximum atomic E-state index is 9.54. The Morgan fingerprint density at radius 2 is 1.76 bits per heavy atom. The predicted octanol–water partition coefficient (Wildman–Crippen LogP) is 3.48. The fourth-order valence-corrected chi connectivity index (χ4v) is 3.13. The fraction of sp³-hybridized carbons (Fsp3) is 0.462. The summed E-state index contributed by atoms with van der Waals surface area (Å²) in [4.78, 5) is 2.22. The summed E-state index contributed by atoms with van der Waals surface area (Å²) in [5, 5.41) is 10.7. The molecule has 2 rings (SSSR count). The van der Waals surface area contributed by atoms with Gasteiger partial charge in [-0.2, -0.15) is 5.26 Å². The van der Waals surface area contributed by atoms with E-state index in [0.717, 1.165) is 31.5 Å². The van der Waals surface area contributed by atoms with Gasteiger partial charge >= 0.3 is 0 Å². The van der Waals surface area contributed by atoms with Crippen molar-refractivity contribution >= 4 is 23.2 Å². The van der Waals surface area contributed by atoms with Crippen molar-refractivity contribution in [3.05, 3.63) is 33.8 Å². The number of hydrogen-bond donors (Lipinski definition) is 0. The Balaban J connectivity index is 2.46. The third-order valence-electron chi connectivity index (χ3n) is 3.50. The van der Waals surface area contributed by atoms with Crippen LogP contribution in [0.3, 0.4) is 0 Å². The van der Waals surface area contributed by atoms with E-state index in [9.17, 15) is 5.26 Å². The minimum Gasteiger partial charge on any atom is -0.306 e. The molecule has 1 aliphatic rings. The molecule has 0 N–H and O–H groups in total. The van der Waals surface area contributed by atoms with Crippen molar-refractivity contribution in [1.29, 1.82) is 5.26 Å². The second-order valence-electron chi connectivity index (χ2n) is 4.59. The molecule has 0 aliphatic carbocycles. The number of halogens is 2. The molecule has 0 unspecified atom stereocenters. The van der Waals surface area contributed by atoms with Crippen LogP contribution in [0.4, 0.5) is 0 Å². The molecule has 0 amide bonds. The monoisotopic (exact) mass is 268 g/mol. The maximum Gasteiger partial charge on any atom is 0.0875 e. The van der Waals surface area contributed by atoms with Crippen molar-refractivity contribution < 1.29 is 0 Å². The molecule has 0 spiro atoms. The number of likely N-dealkylation sites (tertiary alicyclic amines) is 1. The Hall–Kier alpha value is -0.750. The van der Waals surface area contributed by atoms with Gasteiger partial charge in [-0.15, -0.1) is 0 Å². The Morgan fingerprint density at radius 3 is 2.24 bits per heavy atom. The van der Waals surface area contributed by atoms with Crippen LogP contribution in [0.25, 0.3) is 0 Å². The van der Waals surface area contributed by atoms with Gasteiger partial charge < -0.3 is 4.90 Å². The van der Waals surface area contributed by atoms with Crippen molar-refractivity contribution in [3.63, 3.8) is 0 Å². The zero-order valence-electron chi connectivity index (χ0n) is 9.71. The first-order valence-corrected chi connectivity index (χ1v) is 6.39. The van der Waals surface area contributed by atoms with Crippen LogP contribution in [-0.2, 0) is 5.41 Å². The van der Waals surface area contributed by atoms with Gasteiger partial charge in [0.05, 0.1) is 11.5 Å². The third kappa shape index (κ3) is 2.28. The van der Waals surface area contributed by atoms with E-state index in [0.29, 0.717) is 10.0 Å². The van der Waals surface area contributed by atoms with Crippen LogP contribution in [0.15, 0.2) is 18.2 Å². The highest BCUT2D eigenvalue weighted by Gasteiger charge is 2.38. The molecule has 0 saturated carbocycles. The lowest BCUT2D eigenvalue weighted by Crippen LogP contribution is -2.40. The van der Waals surface area contributed by atoms with Gasteiger partial charge in [-0.25, -0.2) is 0 Å². The van der Waals surface area contributed by atoms with Gasteiger partial charge in [0.2, 0.25) is 0 Å². The van der Waals surface area contributed by atoms with Crippen LogP contribution >= 0.6 is 23.2 Å². The number of hydrogen-bond acceptors (Lipinski definition) is 2. The van der Waals surface area contributed by atoms with Gasteiger partial charge in [0, 0.05) is 15.6 Å². The number of nitrogens with zero attached hydrogens (tertiary/aromatic N) is 2. The Morgan fingerprint density at radius 1 is 1.24 bits per heavy atom. The summed E-state index contributed by atoms with van der Waals surface area (Å²) in [6.07, 6.45) is 1.56. The fourth-order valence-electron chi connectivity index (χ4n) is 2.37. The predicted molar refractivity (Wildman–Crippen MR) is 70.5 cm³/mol. The standard InChI is InChI=1S/C13H14Cl2N2/c1-17-7-5-13(9-16,6-8-17)12-10(14)3-2-4-11(12)15/h2-4H,5-8H2,1H3. The number of rotatable bonds is 1. The SMILES string of the molecule is CN1CCC(C#N)(c2c(Cl)cccc2Cl)CC1. The quantitative estimate of drug-likeness (QED) is 0.780. The van der Waals surface area contributed by atoms with Gasteiger partial charge in [0.15, 0.2) is 0 Å². The lowest BCUT2D eigenvalue weighted by atomic mass is 9.74. The molecule has 1 fully saturated rings. The van der Waals surface area contributed by atoms with Gasteiger partial charge in [-0.3, -0.25) is 0 Å². The van der Waals surface area contributed by atoms with Crippen molar-refractivity contribution in [2.24, 2.45) is 0 Å². The van der Waals surface area contributed by atoms with E-state index in [2.05, 4.69) is 18.0 Å². The smallest absolute Gasteiger partial charge is 0.0875 e. The Bertz CT molecular complexity index is 437. The minimum absolute atomic E-state index is 0.526. The maximum absolute atomic E-state index is 9.54. The minimum atomic E-state index is -0.526. The summed E-state index contributed by atoms with van der Waals surface area (Å²) in [6.45, 7) is 1.80. The van der Waals surface area contributed by atoms with Crippen molar-refractivity contribution in [2.75, 3.05) is 20.1 Å². The van der Waals surface area contributed by atoms with E-state index in [-0.39, 0.29) is 0 Å². The highest BCUT2D eigenvalue weighted by atomic mass is 35.5. The second-order valence-corrected chi connectivity index (χ2v) is 5.41. The molecule has 1 aliphatic heterocycles. The zero-order chi connectivity index (χ0) is 12.5. The van der Waals surface area contributed by atoms with Gasteiger partial charge in [-0.1, -0.05) is 29.3 Å². The normalized spacial score (nSPS) is 19.9. The number of benzene rings is 1. The molecule has 0 atom stereocenters. The third-order valence-corrected chi connectivity index (χ3v) is 4.13. The Kier molecular flexibility index (Phi) is 3.63. The molecule has 2 nitrogen and oxygen atoms in total. The zero-order valence-corrected chi connectivity index (χ0v) is 11.2. The van der Waals surface area contributed by atoms with E-state index in [1.165, 1.54) is 0 Å². The van der Waals surface area contributed by atoms with Gasteiger partial charge in [0.1, 0.15) is 0 Å². The van der Waals surface area contributed by atoms with E-state index >= 15 is 0 Å². The van der Waals surface area contributed by atoms with Gasteiger partial charge in [-0.05, 0) is 45.1 Å². The average Bonchev–Trinajstić information content (AvgIpc) is 2.32. The number of nitriles is 1. The summed E-state index contributed by atoms with van der Waals surface area (Å²) in [5.74, 6) is 0. The molecule has 1 saturated heterocycles. The largest absolute Gasteiger partial charge is 0.306 e. The van der Waals surface area contributed by atoms with Crippen molar-refractivity contribution in [3.8, 4) is 6.07 Å². The van der Waals surface area contributed by atoms with Crippen LogP contribution in [0.2, 0.25) is 10.0 Å². The van der Waals surface area contributed by atoms with Crippen LogP contribution < -0.4 is 0 Å². The molecule has 17 heavy (non-hydrogen) atoms. The average molecular weight is 269 g/mol. The highest BCUT2D eigenvalue weighted by molar-refractivity contribution is 6.36. The van der Waals surface area contributed by atoms with E-state index in [1.54, 1.807) is 12.1 Å². The van der Waals surface area contributed by atoms with E-state index in [1.807, 2.05) is 6.07 Å². The summed E-state index contributed by atoms with van der Waals surface area (Å²) >= 11 is 12.4. The molecule has 0 aromatic heterocycles. The van der Waals surface area contributed by atoms with Crippen LogP contribution in [0, 0.1) is 11.3 Å². The van der Waals surface area contributed by atoms with E-state index in [4.69, 9.17) is 23.2 Å².